The van der Waals surface area contributed by atoms with Crippen LogP contribution in [0.1, 0.15) is 12.0 Å². The summed E-state index contributed by atoms with van der Waals surface area (Å²) >= 11 is 0. The van der Waals surface area contributed by atoms with Crippen molar-refractivity contribution >= 4 is 5.69 Å². The third-order valence-corrected chi connectivity index (χ3v) is 3.93. The van der Waals surface area contributed by atoms with Crippen LogP contribution < -0.4 is 5.32 Å². The van der Waals surface area contributed by atoms with E-state index >= 15 is 0 Å². The molecular formula is C15H24N4O2. The lowest BCUT2D eigenvalue weighted by molar-refractivity contribution is -0.385. The van der Waals surface area contributed by atoms with Crippen molar-refractivity contribution in [3.63, 3.8) is 0 Å². The van der Waals surface area contributed by atoms with Gasteiger partial charge >= 0.3 is 0 Å². The first-order valence-electron chi connectivity index (χ1n) is 7.51. The molecule has 1 aliphatic heterocycles. The Morgan fingerprint density at radius 3 is 2.67 bits per heavy atom. The number of likely N-dealkylation sites (N-methyl/N-ethyl adjacent to an activating group) is 1. The van der Waals surface area contributed by atoms with Crippen LogP contribution in [0.25, 0.3) is 0 Å². The number of hydrogen-bond donors (Lipinski definition) is 1. The molecule has 21 heavy (non-hydrogen) atoms. The molecule has 0 unspecified atom stereocenters. The highest BCUT2D eigenvalue weighted by molar-refractivity contribution is 5.39. The van der Waals surface area contributed by atoms with E-state index in [0.717, 1.165) is 51.3 Å². The van der Waals surface area contributed by atoms with Crippen LogP contribution in [0, 0.1) is 10.1 Å². The molecule has 0 atom stereocenters. The van der Waals surface area contributed by atoms with Crippen molar-refractivity contribution in [2.24, 2.45) is 0 Å². The third kappa shape index (κ3) is 5.08. The van der Waals surface area contributed by atoms with Gasteiger partial charge in [-0.1, -0.05) is 18.2 Å². The Hall–Kier alpha value is -1.50. The molecule has 0 saturated carbocycles. The van der Waals surface area contributed by atoms with E-state index in [-0.39, 0.29) is 10.6 Å². The van der Waals surface area contributed by atoms with Gasteiger partial charge < -0.3 is 15.1 Å². The number of nitrogens with one attached hydrogen (secondary N) is 1. The van der Waals surface area contributed by atoms with Gasteiger partial charge in [-0.2, -0.15) is 0 Å². The molecule has 6 nitrogen and oxygen atoms in total. The number of rotatable bonds is 7. The monoisotopic (exact) mass is 292 g/mol. The Balaban J connectivity index is 1.65. The van der Waals surface area contributed by atoms with Gasteiger partial charge in [-0.15, -0.1) is 0 Å². The molecule has 0 spiro atoms. The maximum atomic E-state index is 10.9. The van der Waals surface area contributed by atoms with Crippen LogP contribution in [0.4, 0.5) is 5.69 Å². The predicted molar refractivity (Wildman–Crippen MR) is 83.4 cm³/mol. The highest BCUT2D eigenvalue weighted by atomic mass is 16.6. The second kappa shape index (κ2) is 8.07. The van der Waals surface area contributed by atoms with Crippen molar-refractivity contribution < 1.29 is 4.92 Å². The van der Waals surface area contributed by atoms with Crippen LogP contribution in [-0.2, 0) is 6.54 Å². The van der Waals surface area contributed by atoms with E-state index in [4.69, 9.17) is 0 Å². The van der Waals surface area contributed by atoms with Crippen molar-refractivity contribution in [1.82, 2.24) is 15.1 Å². The molecule has 116 valence electrons. The number of nitro groups is 1. The van der Waals surface area contributed by atoms with E-state index in [1.807, 2.05) is 12.1 Å². The number of benzene rings is 1. The molecule has 0 aromatic heterocycles. The van der Waals surface area contributed by atoms with Crippen LogP contribution in [0.5, 0.6) is 0 Å². The van der Waals surface area contributed by atoms with Gasteiger partial charge in [-0.05, 0) is 26.6 Å². The number of hydrogen-bond acceptors (Lipinski definition) is 5. The molecule has 1 aromatic carbocycles. The summed E-state index contributed by atoms with van der Waals surface area (Å²) in [6.07, 6.45) is 1.07. The summed E-state index contributed by atoms with van der Waals surface area (Å²) in [4.78, 5) is 15.4. The van der Waals surface area contributed by atoms with Crippen molar-refractivity contribution in [2.45, 2.75) is 13.0 Å². The molecule has 0 bridgehead atoms. The summed E-state index contributed by atoms with van der Waals surface area (Å²) in [6.45, 7) is 7.10. The summed E-state index contributed by atoms with van der Waals surface area (Å²) in [7, 11) is 2.16. The van der Waals surface area contributed by atoms with Crippen LogP contribution in [-0.4, -0.2) is 61.0 Å². The molecule has 1 fully saturated rings. The molecule has 6 heteroatoms. The Morgan fingerprint density at radius 1 is 1.24 bits per heavy atom. The molecule has 1 saturated heterocycles. The van der Waals surface area contributed by atoms with Crippen LogP contribution >= 0.6 is 0 Å². The number of para-hydroxylation sites is 1. The predicted octanol–water partition coefficient (Wildman–Crippen LogP) is 1.32. The van der Waals surface area contributed by atoms with E-state index in [1.54, 1.807) is 12.1 Å². The normalized spacial score (nSPS) is 17.0. The highest BCUT2D eigenvalue weighted by Gasteiger charge is 2.13. The lowest BCUT2D eigenvalue weighted by Gasteiger charge is -2.32. The SMILES string of the molecule is CN1CCN(CCCNCc2ccccc2[N+](=O)[O-])CC1. The molecule has 0 radical (unpaired) electrons. The van der Waals surface area contributed by atoms with E-state index in [2.05, 4.69) is 22.2 Å². The van der Waals surface area contributed by atoms with Gasteiger partial charge in [0.1, 0.15) is 0 Å². The first kappa shape index (κ1) is 15.9. The summed E-state index contributed by atoms with van der Waals surface area (Å²) < 4.78 is 0. The zero-order chi connectivity index (χ0) is 15.1. The van der Waals surface area contributed by atoms with Gasteiger partial charge in [0, 0.05) is 44.4 Å². The summed E-state index contributed by atoms with van der Waals surface area (Å²) in [5, 5.41) is 14.2. The minimum atomic E-state index is -0.318. The molecule has 1 heterocycles. The average Bonchev–Trinajstić information content (AvgIpc) is 2.49. The topological polar surface area (TPSA) is 61.6 Å². The smallest absolute Gasteiger partial charge is 0.273 e. The molecule has 0 aliphatic carbocycles. The second-order valence-corrected chi connectivity index (χ2v) is 5.56. The molecule has 1 N–H and O–H groups in total. The fourth-order valence-electron chi connectivity index (χ4n) is 2.56. The summed E-state index contributed by atoms with van der Waals surface area (Å²) in [5.74, 6) is 0. The van der Waals surface area contributed by atoms with Crippen molar-refractivity contribution in [2.75, 3.05) is 46.3 Å². The maximum absolute atomic E-state index is 10.9. The summed E-state index contributed by atoms with van der Waals surface area (Å²) in [5.41, 5.74) is 0.950. The van der Waals surface area contributed by atoms with Gasteiger partial charge in [-0.25, -0.2) is 0 Å². The molecule has 1 aromatic rings. The Kier molecular flexibility index (Phi) is 6.10. The van der Waals surface area contributed by atoms with Crippen LogP contribution in [0.15, 0.2) is 24.3 Å². The van der Waals surface area contributed by atoms with E-state index < -0.39 is 0 Å². The quantitative estimate of drug-likeness (QED) is 0.466. The van der Waals surface area contributed by atoms with Gasteiger partial charge in [-0.3, -0.25) is 10.1 Å². The third-order valence-electron chi connectivity index (χ3n) is 3.93. The molecule has 1 aliphatic rings. The Bertz CT molecular complexity index is 459. The van der Waals surface area contributed by atoms with Crippen molar-refractivity contribution in [3.8, 4) is 0 Å². The lowest BCUT2D eigenvalue weighted by Crippen LogP contribution is -2.45. The number of piperazine rings is 1. The molecule has 0 amide bonds. The second-order valence-electron chi connectivity index (χ2n) is 5.56. The standard InChI is InChI=1S/C15H24N4O2/c1-17-9-11-18(12-10-17)8-4-7-16-13-14-5-2-3-6-15(14)19(20)21/h2-3,5-6,16H,4,7-13H2,1H3. The summed E-state index contributed by atoms with van der Waals surface area (Å²) in [6, 6.07) is 6.91. The van der Waals surface area contributed by atoms with Crippen LogP contribution in [0.3, 0.4) is 0 Å². The van der Waals surface area contributed by atoms with E-state index in [9.17, 15) is 10.1 Å². The maximum Gasteiger partial charge on any atom is 0.273 e. The lowest BCUT2D eigenvalue weighted by atomic mass is 10.2. The van der Waals surface area contributed by atoms with Gasteiger partial charge in [0.2, 0.25) is 0 Å². The fourth-order valence-corrected chi connectivity index (χ4v) is 2.56. The zero-order valence-electron chi connectivity index (χ0n) is 12.6. The van der Waals surface area contributed by atoms with Crippen LogP contribution in [0.2, 0.25) is 0 Å². The Labute approximate surface area is 125 Å². The first-order chi connectivity index (χ1) is 10.2. The Morgan fingerprint density at radius 2 is 1.95 bits per heavy atom. The van der Waals surface area contributed by atoms with Gasteiger partial charge in [0.15, 0.2) is 0 Å². The zero-order valence-corrected chi connectivity index (χ0v) is 12.6. The van der Waals surface area contributed by atoms with E-state index in [1.165, 1.54) is 0 Å². The first-order valence-corrected chi connectivity index (χ1v) is 7.51. The number of nitrogens with zero attached hydrogens (tertiary/aromatic N) is 3. The molecular weight excluding hydrogens is 268 g/mol. The van der Waals surface area contributed by atoms with Gasteiger partial charge in [0.05, 0.1) is 4.92 Å². The number of nitro benzene ring substituents is 1. The molecule has 2 rings (SSSR count). The van der Waals surface area contributed by atoms with Crippen molar-refractivity contribution in [3.05, 3.63) is 39.9 Å². The highest BCUT2D eigenvalue weighted by Crippen LogP contribution is 2.16. The van der Waals surface area contributed by atoms with E-state index in [0.29, 0.717) is 6.54 Å². The van der Waals surface area contributed by atoms with Crippen molar-refractivity contribution in [1.29, 1.82) is 0 Å². The largest absolute Gasteiger partial charge is 0.312 e. The average molecular weight is 292 g/mol. The minimum Gasteiger partial charge on any atom is -0.312 e. The van der Waals surface area contributed by atoms with Gasteiger partial charge in [0.25, 0.3) is 5.69 Å². The fraction of sp³-hybridized carbons (Fsp3) is 0.600. The minimum absolute atomic E-state index is 0.198.